The SMILES string of the molecule is C.CC(C)c1ccno1. The van der Waals surface area contributed by atoms with Crippen molar-refractivity contribution in [2.75, 3.05) is 0 Å². The van der Waals surface area contributed by atoms with Crippen molar-refractivity contribution < 1.29 is 4.52 Å². The summed E-state index contributed by atoms with van der Waals surface area (Å²) in [6.45, 7) is 4.14. The van der Waals surface area contributed by atoms with Crippen molar-refractivity contribution >= 4 is 0 Å². The smallest absolute Gasteiger partial charge is 0.139 e. The van der Waals surface area contributed by atoms with Gasteiger partial charge in [-0.15, -0.1) is 0 Å². The number of hydrogen-bond acceptors (Lipinski definition) is 2. The Labute approximate surface area is 55.9 Å². The molecule has 0 radical (unpaired) electrons. The van der Waals surface area contributed by atoms with Crippen LogP contribution < -0.4 is 0 Å². The maximum atomic E-state index is 4.84. The lowest BCUT2D eigenvalue weighted by molar-refractivity contribution is 0.371. The van der Waals surface area contributed by atoms with E-state index in [1.807, 2.05) is 6.07 Å². The molecule has 52 valence electrons. The van der Waals surface area contributed by atoms with Gasteiger partial charge in [0.2, 0.25) is 0 Å². The molecule has 1 aromatic rings. The highest BCUT2D eigenvalue weighted by atomic mass is 16.5. The van der Waals surface area contributed by atoms with E-state index in [1.54, 1.807) is 6.20 Å². The largest absolute Gasteiger partial charge is 0.361 e. The Bertz CT molecular complexity index is 144. The van der Waals surface area contributed by atoms with Crippen LogP contribution >= 0.6 is 0 Å². The second-order valence-corrected chi connectivity index (χ2v) is 2.07. The first-order valence-electron chi connectivity index (χ1n) is 2.71. The summed E-state index contributed by atoms with van der Waals surface area (Å²) in [4.78, 5) is 0. The molecule has 0 bridgehead atoms. The van der Waals surface area contributed by atoms with Crippen molar-refractivity contribution in [3.63, 3.8) is 0 Å². The van der Waals surface area contributed by atoms with Crippen molar-refractivity contribution in [3.05, 3.63) is 18.0 Å². The number of rotatable bonds is 1. The van der Waals surface area contributed by atoms with Crippen LogP contribution in [0.25, 0.3) is 0 Å². The first kappa shape index (κ1) is 8.21. The number of nitrogens with zero attached hydrogens (tertiary/aromatic N) is 1. The monoisotopic (exact) mass is 127 g/mol. The van der Waals surface area contributed by atoms with E-state index in [1.165, 1.54) is 0 Å². The van der Waals surface area contributed by atoms with Gasteiger partial charge in [-0.1, -0.05) is 26.4 Å². The van der Waals surface area contributed by atoms with Gasteiger partial charge in [0.25, 0.3) is 0 Å². The van der Waals surface area contributed by atoms with Crippen molar-refractivity contribution in [3.8, 4) is 0 Å². The molecule has 9 heavy (non-hydrogen) atoms. The molecule has 1 aromatic heterocycles. The third-order valence-corrected chi connectivity index (χ3v) is 1.03. The van der Waals surface area contributed by atoms with Crippen LogP contribution in [-0.4, -0.2) is 5.16 Å². The van der Waals surface area contributed by atoms with Crippen LogP contribution in [0, 0.1) is 0 Å². The third kappa shape index (κ3) is 1.88. The Kier molecular flexibility index (Phi) is 2.99. The zero-order valence-corrected chi connectivity index (χ0v) is 5.09. The lowest BCUT2D eigenvalue weighted by Gasteiger charge is -1.92. The summed E-state index contributed by atoms with van der Waals surface area (Å²) < 4.78 is 4.84. The molecule has 2 heteroatoms. The predicted molar refractivity (Wildman–Crippen MR) is 37.3 cm³/mol. The molecule has 0 unspecified atom stereocenters. The summed E-state index contributed by atoms with van der Waals surface area (Å²) >= 11 is 0. The zero-order chi connectivity index (χ0) is 5.98. The molecule has 0 fully saturated rings. The minimum atomic E-state index is 0. The molecular weight excluding hydrogens is 114 g/mol. The molecular formula is C7H13NO. The molecule has 0 saturated heterocycles. The van der Waals surface area contributed by atoms with E-state index in [2.05, 4.69) is 19.0 Å². The van der Waals surface area contributed by atoms with Crippen molar-refractivity contribution in [2.45, 2.75) is 27.2 Å². The van der Waals surface area contributed by atoms with Gasteiger partial charge < -0.3 is 4.52 Å². The fraction of sp³-hybridized carbons (Fsp3) is 0.571. The fourth-order valence-electron chi connectivity index (χ4n) is 0.523. The number of hydrogen-bond donors (Lipinski definition) is 0. The Morgan fingerprint density at radius 1 is 1.56 bits per heavy atom. The highest BCUT2D eigenvalue weighted by Crippen LogP contribution is 2.10. The van der Waals surface area contributed by atoms with Crippen LogP contribution in [0.1, 0.15) is 33.0 Å². The Morgan fingerprint density at radius 3 is 2.44 bits per heavy atom. The minimum Gasteiger partial charge on any atom is -0.361 e. The van der Waals surface area contributed by atoms with Gasteiger partial charge in [0.15, 0.2) is 0 Å². The summed E-state index contributed by atoms with van der Waals surface area (Å²) in [5.41, 5.74) is 0. The predicted octanol–water partition coefficient (Wildman–Crippen LogP) is 2.43. The van der Waals surface area contributed by atoms with Crippen molar-refractivity contribution in [2.24, 2.45) is 0 Å². The number of aromatic nitrogens is 1. The van der Waals surface area contributed by atoms with Gasteiger partial charge in [0.05, 0.1) is 6.20 Å². The quantitative estimate of drug-likeness (QED) is 0.579. The summed E-state index contributed by atoms with van der Waals surface area (Å²) in [7, 11) is 0. The fourth-order valence-corrected chi connectivity index (χ4v) is 0.523. The maximum Gasteiger partial charge on any atom is 0.139 e. The van der Waals surface area contributed by atoms with E-state index in [0.29, 0.717) is 5.92 Å². The van der Waals surface area contributed by atoms with E-state index >= 15 is 0 Å². The molecule has 0 aliphatic carbocycles. The highest BCUT2D eigenvalue weighted by Gasteiger charge is 1.99. The van der Waals surface area contributed by atoms with Gasteiger partial charge in [-0.25, -0.2) is 0 Å². The average Bonchev–Trinajstić information content (AvgIpc) is 2.12. The van der Waals surface area contributed by atoms with Gasteiger partial charge in [0, 0.05) is 12.0 Å². The van der Waals surface area contributed by atoms with Gasteiger partial charge in [0.1, 0.15) is 5.76 Å². The second-order valence-electron chi connectivity index (χ2n) is 2.07. The van der Waals surface area contributed by atoms with E-state index in [4.69, 9.17) is 4.52 Å². The first-order valence-corrected chi connectivity index (χ1v) is 2.71. The van der Waals surface area contributed by atoms with Crippen molar-refractivity contribution in [1.29, 1.82) is 0 Å². The molecule has 0 atom stereocenters. The lowest BCUT2D eigenvalue weighted by Crippen LogP contribution is -1.79. The Morgan fingerprint density at radius 2 is 2.22 bits per heavy atom. The second kappa shape index (κ2) is 3.28. The molecule has 0 aromatic carbocycles. The molecule has 0 aliphatic heterocycles. The molecule has 0 saturated carbocycles. The summed E-state index contributed by atoms with van der Waals surface area (Å²) in [6, 6.07) is 1.88. The van der Waals surface area contributed by atoms with Crippen LogP contribution in [0.5, 0.6) is 0 Å². The maximum absolute atomic E-state index is 4.84. The Balaban J connectivity index is 0.000000640. The van der Waals surface area contributed by atoms with Crippen LogP contribution in [0.15, 0.2) is 16.8 Å². The molecule has 0 aliphatic rings. The average molecular weight is 127 g/mol. The van der Waals surface area contributed by atoms with E-state index in [9.17, 15) is 0 Å². The molecule has 1 rings (SSSR count). The minimum absolute atomic E-state index is 0. The van der Waals surface area contributed by atoms with Crippen LogP contribution in [0.3, 0.4) is 0 Å². The topological polar surface area (TPSA) is 26.0 Å². The summed E-state index contributed by atoms with van der Waals surface area (Å²) in [6.07, 6.45) is 1.66. The molecule has 2 nitrogen and oxygen atoms in total. The normalized spacial score (nSPS) is 9.22. The van der Waals surface area contributed by atoms with E-state index in [-0.39, 0.29) is 7.43 Å². The summed E-state index contributed by atoms with van der Waals surface area (Å²) in [5.74, 6) is 1.41. The first-order chi connectivity index (χ1) is 3.80. The van der Waals surface area contributed by atoms with Gasteiger partial charge in [-0.05, 0) is 0 Å². The third-order valence-electron chi connectivity index (χ3n) is 1.03. The van der Waals surface area contributed by atoms with Crippen LogP contribution in [0.2, 0.25) is 0 Å². The molecule has 0 N–H and O–H groups in total. The van der Waals surface area contributed by atoms with Gasteiger partial charge in [-0.3, -0.25) is 0 Å². The highest BCUT2D eigenvalue weighted by molar-refractivity contribution is 4.97. The van der Waals surface area contributed by atoms with Crippen LogP contribution in [-0.2, 0) is 0 Å². The zero-order valence-electron chi connectivity index (χ0n) is 5.09. The molecule has 0 spiro atoms. The van der Waals surface area contributed by atoms with Gasteiger partial charge >= 0.3 is 0 Å². The summed E-state index contributed by atoms with van der Waals surface area (Å²) in [5, 5.41) is 3.57. The van der Waals surface area contributed by atoms with E-state index < -0.39 is 0 Å². The van der Waals surface area contributed by atoms with Gasteiger partial charge in [-0.2, -0.15) is 0 Å². The molecule has 1 heterocycles. The standard InChI is InChI=1S/C6H9NO.CH4/c1-5(2)6-3-4-7-8-6;/h3-5H,1-2H3;1H4. The molecule has 0 amide bonds. The van der Waals surface area contributed by atoms with Crippen molar-refractivity contribution in [1.82, 2.24) is 5.16 Å². The van der Waals surface area contributed by atoms with Crippen LogP contribution in [0.4, 0.5) is 0 Å². The Hall–Kier alpha value is -0.790. The lowest BCUT2D eigenvalue weighted by atomic mass is 10.2. The van der Waals surface area contributed by atoms with E-state index in [0.717, 1.165) is 5.76 Å².